The molecule has 2 heterocycles. The Morgan fingerprint density at radius 3 is 2.62 bits per heavy atom. The molecule has 5 rings (SSSR count). The van der Waals surface area contributed by atoms with Crippen LogP contribution in [0.25, 0.3) is 28.2 Å². The molecule has 0 radical (unpaired) electrons. The third-order valence-electron chi connectivity index (χ3n) is 5.27. The lowest BCUT2D eigenvalue weighted by Gasteiger charge is -2.11. The van der Waals surface area contributed by atoms with Crippen molar-refractivity contribution in [1.82, 2.24) is 19.9 Å². The molecule has 0 spiro atoms. The molecule has 1 N–H and O–H groups in total. The van der Waals surface area contributed by atoms with Crippen LogP contribution in [0, 0.1) is 12.7 Å². The number of amides is 1. The van der Waals surface area contributed by atoms with Gasteiger partial charge in [0, 0.05) is 23.4 Å². The molecule has 0 unspecified atom stereocenters. The lowest BCUT2D eigenvalue weighted by Crippen LogP contribution is -2.25. The van der Waals surface area contributed by atoms with Gasteiger partial charge < -0.3 is 5.32 Å². The smallest absolute Gasteiger partial charge is 0.251 e. The fourth-order valence-electron chi connectivity index (χ4n) is 3.45. The summed E-state index contributed by atoms with van der Waals surface area (Å²) in [7, 11) is 0. The average Bonchev–Trinajstić information content (AvgIpc) is 3.45. The monoisotopic (exact) mass is 386 g/mol. The van der Waals surface area contributed by atoms with Crippen LogP contribution >= 0.6 is 0 Å². The third kappa shape index (κ3) is 3.27. The van der Waals surface area contributed by atoms with Crippen molar-refractivity contribution in [3.63, 3.8) is 0 Å². The largest absolute Gasteiger partial charge is 0.349 e. The number of halogens is 1. The van der Waals surface area contributed by atoms with Crippen LogP contribution in [0.15, 0.2) is 60.8 Å². The number of hydrogen-bond donors (Lipinski definition) is 1. The maximum Gasteiger partial charge on any atom is 0.251 e. The number of carbonyl (C=O) groups excluding carboxylic acids is 1. The zero-order valence-corrected chi connectivity index (χ0v) is 15.9. The molecular weight excluding hydrogens is 367 g/mol. The van der Waals surface area contributed by atoms with Crippen molar-refractivity contribution in [3.05, 3.63) is 77.7 Å². The van der Waals surface area contributed by atoms with E-state index in [0.717, 1.165) is 29.8 Å². The van der Waals surface area contributed by atoms with Crippen LogP contribution in [0.4, 0.5) is 4.39 Å². The van der Waals surface area contributed by atoms with Crippen molar-refractivity contribution in [2.24, 2.45) is 0 Å². The number of rotatable bonds is 4. The standard InChI is InChI=1S/C23H19FN4O/c1-14-19(11-17(12-20(14)24)23(29)25-18-7-8-18)16-9-10-28-21(13-16)26-27-22(28)15-5-3-2-4-6-15/h2-6,9-13,18H,7-8H2,1H3,(H,25,29). The van der Waals surface area contributed by atoms with Crippen molar-refractivity contribution in [1.29, 1.82) is 0 Å². The van der Waals surface area contributed by atoms with E-state index >= 15 is 0 Å². The Labute approximate surface area is 167 Å². The fraction of sp³-hybridized carbons (Fsp3) is 0.174. The van der Waals surface area contributed by atoms with Gasteiger partial charge in [0.1, 0.15) is 5.82 Å². The van der Waals surface area contributed by atoms with Gasteiger partial charge in [-0.1, -0.05) is 30.3 Å². The highest BCUT2D eigenvalue weighted by atomic mass is 19.1. The normalized spacial score (nSPS) is 13.6. The Morgan fingerprint density at radius 2 is 1.86 bits per heavy atom. The van der Waals surface area contributed by atoms with E-state index in [9.17, 15) is 9.18 Å². The Balaban J connectivity index is 1.56. The molecule has 1 fully saturated rings. The highest BCUT2D eigenvalue weighted by Crippen LogP contribution is 2.29. The summed E-state index contributed by atoms with van der Waals surface area (Å²) in [6.45, 7) is 1.72. The number of nitrogens with one attached hydrogen (secondary N) is 1. The summed E-state index contributed by atoms with van der Waals surface area (Å²) >= 11 is 0. The van der Waals surface area contributed by atoms with Crippen LogP contribution < -0.4 is 5.32 Å². The van der Waals surface area contributed by atoms with E-state index in [1.54, 1.807) is 13.0 Å². The quantitative estimate of drug-likeness (QED) is 0.565. The van der Waals surface area contributed by atoms with E-state index < -0.39 is 5.82 Å². The molecule has 5 nitrogen and oxygen atoms in total. The van der Waals surface area contributed by atoms with Gasteiger partial charge >= 0.3 is 0 Å². The number of aromatic nitrogens is 3. The van der Waals surface area contributed by atoms with Gasteiger partial charge in [0.15, 0.2) is 11.5 Å². The highest BCUT2D eigenvalue weighted by Gasteiger charge is 2.24. The molecule has 29 heavy (non-hydrogen) atoms. The highest BCUT2D eigenvalue weighted by molar-refractivity contribution is 5.96. The predicted octanol–water partition coefficient (Wildman–Crippen LogP) is 4.40. The maximum absolute atomic E-state index is 14.6. The van der Waals surface area contributed by atoms with E-state index in [4.69, 9.17) is 0 Å². The summed E-state index contributed by atoms with van der Waals surface area (Å²) in [5, 5.41) is 11.5. The molecular formula is C23H19FN4O. The number of hydrogen-bond acceptors (Lipinski definition) is 3. The van der Waals surface area contributed by atoms with Crippen molar-refractivity contribution in [2.75, 3.05) is 0 Å². The Morgan fingerprint density at radius 1 is 1.07 bits per heavy atom. The van der Waals surface area contributed by atoms with Crippen LogP contribution in [0.1, 0.15) is 28.8 Å². The van der Waals surface area contributed by atoms with E-state index in [2.05, 4.69) is 15.5 Å². The zero-order valence-electron chi connectivity index (χ0n) is 15.9. The zero-order chi connectivity index (χ0) is 20.0. The first-order chi connectivity index (χ1) is 14.1. The lowest BCUT2D eigenvalue weighted by molar-refractivity contribution is 0.0950. The molecule has 6 heteroatoms. The van der Waals surface area contributed by atoms with Crippen molar-refractivity contribution in [2.45, 2.75) is 25.8 Å². The predicted molar refractivity (Wildman–Crippen MR) is 109 cm³/mol. The molecule has 1 saturated carbocycles. The molecule has 0 atom stereocenters. The molecule has 0 aliphatic heterocycles. The second-order valence-electron chi connectivity index (χ2n) is 7.41. The Hall–Kier alpha value is -3.54. The average molecular weight is 386 g/mol. The molecule has 0 saturated heterocycles. The Kier molecular flexibility index (Phi) is 4.12. The molecule has 1 amide bonds. The number of pyridine rings is 1. The maximum atomic E-state index is 14.6. The molecule has 144 valence electrons. The Bertz CT molecular complexity index is 1230. The minimum absolute atomic E-state index is 0.221. The van der Waals surface area contributed by atoms with E-state index in [0.29, 0.717) is 22.3 Å². The van der Waals surface area contributed by atoms with Crippen molar-refractivity contribution in [3.8, 4) is 22.5 Å². The minimum atomic E-state index is -0.394. The number of nitrogens with zero attached hydrogens (tertiary/aromatic N) is 3. The van der Waals surface area contributed by atoms with Gasteiger partial charge in [-0.25, -0.2) is 4.39 Å². The topological polar surface area (TPSA) is 59.3 Å². The SMILES string of the molecule is Cc1c(F)cc(C(=O)NC2CC2)cc1-c1ccn2c(-c3ccccc3)nnc2c1. The van der Waals surface area contributed by atoms with E-state index in [1.807, 2.05) is 53.1 Å². The number of carbonyl (C=O) groups is 1. The van der Waals surface area contributed by atoms with Gasteiger partial charge in [-0.2, -0.15) is 0 Å². The van der Waals surface area contributed by atoms with Gasteiger partial charge in [-0.05, 0) is 60.7 Å². The van der Waals surface area contributed by atoms with Gasteiger partial charge in [0.2, 0.25) is 0 Å². The van der Waals surface area contributed by atoms with Gasteiger partial charge in [-0.15, -0.1) is 10.2 Å². The molecule has 1 aliphatic carbocycles. The van der Waals surface area contributed by atoms with Crippen LogP contribution in [0.3, 0.4) is 0 Å². The number of fused-ring (bicyclic) bond motifs is 1. The third-order valence-corrected chi connectivity index (χ3v) is 5.27. The number of benzene rings is 2. The van der Waals surface area contributed by atoms with Crippen LogP contribution in [-0.4, -0.2) is 26.5 Å². The van der Waals surface area contributed by atoms with Crippen LogP contribution in [0.2, 0.25) is 0 Å². The summed E-state index contributed by atoms with van der Waals surface area (Å²) in [6.07, 6.45) is 3.85. The van der Waals surface area contributed by atoms with Gasteiger partial charge in [-0.3, -0.25) is 9.20 Å². The van der Waals surface area contributed by atoms with E-state index in [1.165, 1.54) is 6.07 Å². The minimum Gasteiger partial charge on any atom is -0.349 e. The second kappa shape index (κ2) is 6.81. The van der Waals surface area contributed by atoms with Crippen molar-refractivity contribution >= 4 is 11.6 Å². The summed E-state index contributed by atoms with van der Waals surface area (Å²) in [6, 6.07) is 16.8. The molecule has 2 aromatic heterocycles. The summed E-state index contributed by atoms with van der Waals surface area (Å²) in [5.74, 6) is 0.116. The first-order valence-electron chi connectivity index (χ1n) is 9.62. The molecule has 1 aliphatic rings. The summed E-state index contributed by atoms with van der Waals surface area (Å²) < 4.78 is 16.5. The van der Waals surface area contributed by atoms with Crippen molar-refractivity contribution < 1.29 is 9.18 Å². The van der Waals surface area contributed by atoms with Gasteiger partial charge in [0.25, 0.3) is 5.91 Å². The summed E-state index contributed by atoms with van der Waals surface area (Å²) in [5.41, 5.74) is 3.93. The first-order valence-corrected chi connectivity index (χ1v) is 9.62. The fourth-order valence-corrected chi connectivity index (χ4v) is 3.45. The molecule has 4 aromatic rings. The summed E-state index contributed by atoms with van der Waals surface area (Å²) in [4.78, 5) is 12.4. The second-order valence-corrected chi connectivity index (χ2v) is 7.41. The van der Waals surface area contributed by atoms with Gasteiger partial charge in [0.05, 0.1) is 0 Å². The first kappa shape index (κ1) is 17.6. The van der Waals surface area contributed by atoms with E-state index in [-0.39, 0.29) is 11.9 Å². The molecule has 2 aromatic carbocycles. The lowest BCUT2D eigenvalue weighted by atomic mass is 9.98. The molecule has 0 bridgehead atoms. The van der Waals surface area contributed by atoms with Crippen LogP contribution in [0.5, 0.6) is 0 Å². The van der Waals surface area contributed by atoms with Crippen LogP contribution in [-0.2, 0) is 0 Å².